The summed E-state index contributed by atoms with van der Waals surface area (Å²) in [5.41, 5.74) is 0.143. The van der Waals surface area contributed by atoms with Crippen LogP contribution in [0, 0.1) is 11.8 Å². The number of hydrogen-bond acceptors (Lipinski definition) is 2. The fraction of sp³-hybridized carbons (Fsp3) is 1.00. The molecule has 0 bridgehead atoms. The van der Waals surface area contributed by atoms with Gasteiger partial charge in [0.2, 0.25) is 0 Å². The largest absolute Gasteiger partial charge is 0.370 e. The van der Waals surface area contributed by atoms with Crippen LogP contribution in [-0.4, -0.2) is 24.8 Å². The molecule has 2 fully saturated rings. The molecule has 19 heavy (non-hydrogen) atoms. The third kappa shape index (κ3) is 4.46. The van der Waals surface area contributed by atoms with Crippen LogP contribution in [0.4, 0.5) is 0 Å². The predicted molar refractivity (Wildman–Crippen MR) is 81.4 cm³/mol. The Hall–Kier alpha value is -0.0800. The van der Waals surface area contributed by atoms with Gasteiger partial charge in [0.25, 0.3) is 0 Å². The Morgan fingerprint density at radius 1 is 1.05 bits per heavy atom. The Labute approximate surface area is 119 Å². The van der Waals surface area contributed by atoms with Crippen LogP contribution in [0.1, 0.15) is 72.1 Å². The first-order valence-electron chi connectivity index (χ1n) is 8.52. The quantitative estimate of drug-likeness (QED) is 0.808. The molecule has 112 valence electrons. The Kier molecular flexibility index (Phi) is 5.70. The van der Waals surface area contributed by atoms with Crippen LogP contribution >= 0.6 is 0 Å². The van der Waals surface area contributed by atoms with Gasteiger partial charge in [-0.1, -0.05) is 33.6 Å². The topological polar surface area (TPSA) is 21.3 Å². The van der Waals surface area contributed by atoms with Crippen LogP contribution in [0.5, 0.6) is 0 Å². The zero-order valence-electron chi connectivity index (χ0n) is 13.2. The van der Waals surface area contributed by atoms with Crippen LogP contribution in [-0.2, 0) is 4.74 Å². The van der Waals surface area contributed by atoms with E-state index in [1.165, 1.54) is 51.4 Å². The first kappa shape index (κ1) is 15.3. The van der Waals surface area contributed by atoms with E-state index < -0.39 is 0 Å². The average molecular weight is 267 g/mol. The number of hydrogen-bond donors (Lipinski definition) is 1. The Morgan fingerprint density at radius 3 is 2.42 bits per heavy atom. The first-order valence-corrected chi connectivity index (χ1v) is 8.52. The molecular weight excluding hydrogens is 234 g/mol. The molecule has 0 aromatic rings. The molecule has 2 atom stereocenters. The molecule has 0 radical (unpaired) electrons. The van der Waals surface area contributed by atoms with Gasteiger partial charge >= 0.3 is 0 Å². The molecule has 0 saturated heterocycles. The highest BCUT2D eigenvalue weighted by Gasteiger charge is 2.37. The molecule has 0 aromatic carbocycles. The number of likely N-dealkylation sites (N-methyl/N-ethyl adjacent to an activating group) is 1. The molecule has 2 nitrogen and oxygen atoms in total. The van der Waals surface area contributed by atoms with Gasteiger partial charge in [0, 0.05) is 6.54 Å². The minimum absolute atomic E-state index is 0.143. The van der Waals surface area contributed by atoms with Crippen molar-refractivity contribution in [1.82, 2.24) is 5.32 Å². The lowest BCUT2D eigenvalue weighted by atomic mass is 9.78. The summed E-state index contributed by atoms with van der Waals surface area (Å²) in [5, 5.41) is 3.55. The normalized spacial score (nSPS) is 40.3. The van der Waals surface area contributed by atoms with E-state index in [9.17, 15) is 0 Å². The third-order valence-corrected chi connectivity index (χ3v) is 5.19. The summed E-state index contributed by atoms with van der Waals surface area (Å²) in [4.78, 5) is 0. The van der Waals surface area contributed by atoms with Gasteiger partial charge < -0.3 is 10.1 Å². The molecule has 2 rings (SSSR count). The monoisotopic (exact) mass is 267 g/mol. The zero-order valence-corrected chi connectivity index (χ0v) is 13.2. The van der Waals surface area contributed by atoms with Crippen molar-refractivity contribution in [2.24, 2.45) is 11.8 Å². The van der Waals surface area contributed by atoms with Gasteiger partial charge in [-0.2, -0.15) is 0 Å². The summed E-state index contributed by atoms with van der Waals surface area (Å²) in [5.74, 6) is 1.75. The van der Waals surface area contributed by atoms with Crippen molar-refractivity contribution in [3.63, 3.8) is 0 Å². The maximum absolute atomic E-state index is 6.68. The Balaban J connectivity index is 1.92. The maximum atomic E-state index is 6.68. The van der Waals surface area contributed by atoms with Crippen LogP contribution in [0.25, 0.3) is 0 Å². The second-order valence-electron chi connectivity index (χ2n) is 7.16. The lowest BCUT2D eigenvalue weighted by molar-refractivity contribution is -0.130. The van der Waals surface area contributed by atoms with Gasteiger partial charge in [0.05, 0.1) is 11.7 Å². The number of ether oxygens (including phenoxy) is 1. The van der Waals surface area contributed by atoms with Crippen molar-refractivity contribution >= 4 is 0 Å². The minimum Gasteiger partial charge on any atom is -0.370 e. The van der Waals surface area contributed by atoms with Gasteiger partial charge in [-0.3, -0.25) is 0 Å². The van der Waals surface area contributed by atoms with Crippen molar-refractivity contribution in [3.8, 4) is 0 Å². The molecular formula is C17H33NO. The maximum Gasteiger partial charge on any atom is 0.0810 e. The first-order chi connectivity index (χ1) is 9.13. The molecule has 2 aliphatic rings. The van der Waals surface area contributed by atoms with E-state index >= 15 is 0 Å². The van der Waals surface area contributed by atoms with E-state index in [2.05, 4.69) is 26.1 Å². The molecule has 0 spiro atoms. The van der Waals surface area contributed by atoms with Crippen molar-refractivity contribution in [1.29, 1.82) is 0 Å². The van der Waals surface area contributed by atoms with Gasteiger partial charge in [0.1, 0.15) is 0 Å². The van der Waals surface area contributed by atoms with Crippen LogP contribution in [0.3, 0.4) is 0 Å². The molecule has 2 unspecified atom stereocenters. The summed E-state index contributed by atoms with van der Waals surface area (Å²) in [6, 6.07) is 0. The van der Waals surface area contributed by atoms with E-state index in [1.54, 1.807) is 0 Å². The van der Waals surface area contributed by atoms with Crippen molar-refractivity contribution in [2.75, 3.05) is 13.1 Å². The molecule has 0 heterocycles. The van der Waals surface area contributed by atoms with Gasteiger partial charge in [-0.05, 0) is 56.9 Å². The van der Waals surface area contributed by atoms with Crippen LogP contribution in [0.2, 0.25) is 0 Å². The standard InChI is InChI=1S/C17H33NO/c1-4-18-13-17(10-8-14(2)9-11-17)19-16-7-5-6-15(3)12-16/h14-16,18H,4-13H2,1-3H3. The second kappa shape index (κ2) is 7.08. The van der Waals surface area contributed by atoms with E-state index in [0.717, 1.165) is 24.9 Å². The summed E-state index contributed by atoms with van der Waals surface area (Å²) < 4.78 is 6.68. The average Bonchev–Trinajstić information content (AvgIpc) is 2.40. The second-order valence-corrected chi connectivity index (χ2v) is 7.16. The molecule has 0 aromatic heterocycles. The number of rotatable bonds is 5. The smallest absolute Gasteiger partial charge is 0.0810 e. The molecule has 2 saturated carbocycles. The number of nitrogens with one attached hydrogen (secondary N) is 1. The highest BCUT2D eigenvalue weighted by Crippen LogP contribution is 2.38. The lowest BCUT2D eigenvalue weighted by Crippen LogP contribution is -2.48. The molecule has 2 aliphatic carbocycles. The molecule has 0 aliphatic heterocycles. The van der Waals surface area contributed by atoms with E-state index in [-0.39, 0.29) is 5.60 Å². The molecule has 2 heteroatoms. The van der Waals surface area contributed by atoms with Crippen LogP contribution < -0.4 is 5.32 Å². The molecule has 1 N–H and O–H groups in total. The summed E-state index contributed by atoms with van der Waals surface area (Å²) in [6.45, 7) is 9.08. The Bertz CT molecular complexity index is 252. The fourth-order valence-electron chi connectivity index (χ4n) is 3.82. The highest BCUT2D eigenvalue weighted by molar-refractivity contribution is 4.90. The lowest BCUT2D eigenvalue weighted by Gasteiger charge is -2.43. The predicted octanol–water partition coefficient (Wildman–Crippen LogP) is 4.14. The minimum atomic E-state index is 0.143. The van der Waals surface area contributed by atoms with Crippen molar-refractivity contribution < 1.29 is 4.74 Å². The third-order valence-electron chi connectivity index (χ3n) is 5.19. The van der Waals surface area contributed by atoms with Crippen molar-refractivity contribution in [2.45, 2.75) is 83.8 Å². The van der Waals surface area contributed by atoms with Gasteiger partial charge in [-0.25, -0.2) is 0 Å². The highest BCUT2D eigenvalue weighted by atomic mass is 16.5. The van der Waals surface area contributed by atoms with E-state index in [0.29, 0.717) is 6.10 Å². The zero-order chi connectivity index (χ0) is 13.7. The van der Waals surface area contributed by atoms with E-state index in [4.69, 9.17) is 4.74 Å². The summed E-state index contributed by atoms with van der Waals surface area (Å²) in [7, 11) is 0. The summed E-state index contributed by atoms with van der Waals surface area (Å²) in [6.07, 6.45) is 11.0. The van der Waals surface area contributed by atoms with E-state index in [1.807, 2.05) is 0 Å². The van der Waals surface area contributed by atoms with Gasteiger partial charge in [-0.15, -0.1) is 0 Å². The van der Waals surface area contributed by atoms with Gasteiger partial charge in [0.15, 0.2) is 0 Å². The van der Waals surface area contributed by atoms with Crippen LogP contribution in [0.15, 0.2) is 0 Å². The Morgan fingerprint density at radius 2 is 1.79 bits per heavy atom. The fourth-order valence-corrected chi connectivity index (χ4v) is 3.82. The molecule has 0 amide bonds. The summed E-state index contributed by atoms with van der Waals surface area (Å²) >= 11 is 0. The SMILES string of the molecule is CCNCC1(OC2CCCC(C)C2)CCC(C)CC1. The van der Waals surface area contributed by atoms with Crippen molar-refractivity contribution in [3.05, 3.63) is 0 Å².